The number of nitrogens with zero attached hydrogens (tertiary/aromatic N) is 2. The third-order valence-electron chi connectivity index (χ3n) is 3.44. The van der Waals surface area contributed by atoms with Gasteiger partial charge in [0, 0.05) is 12.7 Å². The number of aromatic nitrogens is 2. The van der Waals surface area contributed by atoms with E-state index in [1.807, 2.05) is 23.1 Å². The Labute approximate surface area is 125 Å². The standard InChI is InChI=1S/C18H19N3/c1-15-7-9-16(10-8-15)11-19-18-12-20-21(14-18)13-17-5-3-2-4-6-17/h2-10,12,14,19H,11,13H2,1H3. The minimum Gasteiger partial charge on any atom is -0.378 e. The summed E-state index contributed by atoms with van der Waals surface area (Å²) in [5.74, 6) is 0. The van der Waals surface area contributed by atoms with E-state index in [9.17, 15) is 0 Å². The van der Waals surface area contributed by atoms with Crippen molar-refractivity contribution in [3.05, 3.63) is 83.7 Å². The summed E-state index contributed by atoms with van der Waals surface area (Å²) in [6.45, 7) is 3.72. The highest BCUT2D eigenvalue weighted by atomic mass is 15.3. The number of hydrogen-bond donors (Lipinski definition) is 1. The second kappa shape index (κ2) is 6.27. The fourth-order valence-electron chi connectivity index (χ4n) is 2.22. The molecule has 0 aliphatic rings. The van der Waals surface area contributed by atoms with E-state index in [0.29, 0.717) is 0 Å². The Morgan fingerprint density at radius 1 is 0.952 bits per heavy atom. The second-order valence-electron chi connectivity index (χ2n) is 5.25. The van der Waals surface area contributed by atoms with E-state index in [-0.39, 0.29) is 0 Å². The van der Waals surface area contributed by atoms with Crippen molar-refractivity contribution in [2.24, 2.45) is 0 Å². The Balaban J connectivity index is 1.59. The maximum absolute atomic E-state index is 4.39. The first-order chi connectivity index (χ1) is 10.3. The van der Waals surface area contributed by atoms with Gasteiger partial charge in [-0.3, -0.25) is 4.68 Å². The Morgan fingerprint density at radius 3 is 2.48 bits per heavy atom. The Hall–Kier alpha value is -2.55. The summed E-state index contributed by atoms with van der Waals surface area (Å²) in [6, 6.07) is 18.9. The molecule has 0 saturated heterocycles. The van der Waals surface area contributed by atoms with Crippen molar-refractivity contribution in [2.45, 2.75) is 20.0 Å². The maximum Gasteiger partial charge on any atom is 0.0729 e. The normalized spacial score (nSPS) is 10.5. The minimum atomic E-state index is 0.799. The molecule has 1 heterocycles. The molecule has 3 heteroatoms. The van der Waals surface area contributed by atoms with Crippen molar-refractivity contribution in [3.8, 4) is 0 Å². The van der Waals surface area contributed by atoms with E-state index in [4.69, 9.17) is 0 Å². The molecular weight excluding hydrogens is 258 g/mol. The first-order valence-electron chi connectivity index (χ1n) is 7.15. The largest absolute Gasteiger partial charge is 0.378 e. The molecule has 0 aliphatic heterocycles. The Kier molecular flexibility index (Phi) is 4.01. The van der Waals surface area contributed by atoms with Crippen LogP contribution in [0.3, 0.4) is 0 Å². The fourth-order valence-corrected chi connectivity index (χ4v) is 2.22. The zero-order valence-corrected chi connectivity index (χ0v) is 12.2. The van der Waals surface area contributed by atoms with Crippen molar-refractivity contribution >= 4 is 5.69 Å². The van der Waals surface area contributed by atoms with Gasteiger partial charge in [0.1, 0.15) is 0 Å². The third kappa shape index (κ3) is 3.72. The predicted molar refractivity (Wildman–Crippen MR) is 86.3 cm³/mol. The summed E-state index contributed by atoms with van der Waals surface area (Å²) >= 11 is 0. The van der Waals surface area contributed by atoms with Crippen molar-refractivity contribution < 1.29 is 0 Å². The van der Waals surface area contributed by atoms with Crippen LogP contribution in [0.25, 0.3) is 0 Å². The second-order valence-corrected chi connectivity index (χ2v) is 5.25. The first kappa shape index (κ1) is 13.4. The molecule has 3 aromatic rings. The molecule has 0 atom stereocenters. The zero-order valence-electron chi connectivity index (χ0n) is 12.2. The van der Waals surface area contributed by atoms with Gasteiger partial charge >= 0.3 is 0 Å². The van der Waals surface area contributed by atoms with Crippen LogP contribution in [0.2, 0.25) is 0 Å². The summed E-state index contributed by atoms with van der Waals surface area (Å²) < 4.78 is 1.95. The van der Waals surface area contributed by atoms with Crippen LogP contribution in [0.5, 0.6) is 0 Å². The Morgan fingerprint density at radius 2 is 1.71 bits per heavy atom. The van der Waals surface area contributed by atoms with Gasteiger partial charge < -0.3 is 5.32 Å². The van der Waals surface area contributed by atoms with Gasteiger partial charge in [-0.1, -0.05) is 60.2 Å². The summed E-state index contributed by atoms with van der Waals surface area (Å²) in [7, 11) is 0. The number of hydrogen-bond acceptors (Lipinski definition) is 2. The predicted octanol–water partition coefficient (Wildman–Crippen LogP) is 3.85. The molecule has 0 spiro atoms. The van der Waals surface area contributed by atoms with Gasteiger partial charge in [0.15, 0.2) is 0 Å². The molecule has 0 amide bonds. The molecule has 1 aromatic heterocycles. The zero-order chi connectivity index (χ0) is 14.5. The molecule has 2 aromatic carbocycles. The van der Waals surface area contributed by atoms with E-state index in [1.165, 1.54) is 16.7 Å². The summed E-state index contributed by atoms with van der Waals surface area (Å²) in [5.41, 5.74) is 4.86. The van der Waals surface area contributed by atoms with Gasteiger partial charge in [-0.05, 0) is 18.1 Å². The summed E-state index contributed by atoms with van der Waals surface area (Å²) in [5, 5.41) is 7.80. The molecule has 3 rings (SSSR count). The molecule has 0 fully saturated rings. The molecule has 3 nitrogen and oxygen atoms in total. The lowest BCUT2D eigenvalue weighted by Crippen LogP contribution is -2.00. The molecular formula is C18H19N3. The lowest BCUT2D eigenvalue weighted by Gasteiger charge is -2.04. The van der Waals surface area contributed by atoms with Crippen LogP contribution < -0.4 is 5.32 Å². The first-order valence-corrected chi connectivity index (χ1v) is 7.15. The topological polar surface area (TPSA) is 29.9 Å². The molecule has 21 heavy (non-hydrogen) atoms. The average Bonchev–Trinajstić information content (AvgIpc) is 2.95. The summed E-state index contributed by atoms with van der Waals surface area (Å²) in [4.78, 5) is 0. The third-order valence-corrected chi connectivity index (χ3v) is 3.44. The van der Waals surface area contributed by atoms with Crippen LogP contribution in [0.15, 0.2) is 67.0 Å². The SMILES string of the molecule is Cc1ccc(CNc2cnn(Cc3ccccc3)c2)cc1. The minimum absolute atomic E-state index is 0.799. The van der Waals surface area contributed by atoms with Crippen molar-refractivity contribution in [2.75, 3.05) is 5.32 Å². The highest BCUT2D eigenvalue weighted by molar-refractivity contribution is 5.39. The number of benzene rings is 2. The smallest absolute Gasteiger partial charge is 0.0729 e. The van der Waals surface area contributed by atoms with Crippen molar-refractivity contribution in [1.82, 2.24) is 9.78 Å². The van der Waals surface area contributed by atoms with Crippen LogP contribution in [0.4, 0.5) is 5.69 Å². The van der Waals surface area contributed by atoms with E-state index in [2.05, 4.69) is 65.9 Å². The monoisotopic (exact) mass is 277 g/mol. The number of aryl methyl sites for hydroxylation is 1. The quantitative estimate of drug-likeness (QED) is 0.767. The molecule has 0 bridgehead atoms. The molecule has 106 valence electrons. The molecule has 0 radical (unpaired) electrons. The van der Waals surface area contributed by atoms with Crippen LogP contribution in [0, 0.1) is 6.92 Å². The molecule has 0 saturated carbocycles. The van der Waals surface area contributed by atoms with Gasteiger partial charge in [-0.15, -0.1) is 0 Å². The van der Waals surface area contributed by atoms with Gasteiger partial charge in [-0.2, -0.15) is 5.10 Å². The molecule has 1 N–H and O–H groups in total. The van der Waals surface area contributed by atoms with Gasteiger partial charge in [-0.25, -0.2) is 0 Å². The van der Waals surface area contributed by atoms with Gasteiger partial charge in [0.25, 0.3) is 0 Å². The van der Waals surface area contributed by atoms with Gasteiger partial charge in [0.05, 0.1) is 18.4 Å². The van der Waals surface area contributed by atoms with Gasteiger partial charge in [0.2, 0.25) is 0 Å². The number of nitrogens with one attached hydrogen (secondary N) is 1. The van der Waals surface area contributed by atoms with Crippen LogP contribution in [-0.4, -0.2) is 9.78 Å². The van der Waals surface area contributed by atoms with E-state index in [0.717, 1.165) is 18.8 Å². The van der Waals surface area contributed by atoms with Crippen LogP contribution in [-0.2, 0) is 13.1 Å². The number of rotatable bonds is 5. The maximum atomic E-state index is 4.39. The average molecular weight is 277 g/mol. The lowest BCUT2D eigenvalue weighted by molar-refractivity contribution is 0.687. The fraction of sp³-hybridized carbons (Fsp3) is 0.167. The van der Waals surface area contributed by atoms with Crippen LogP contribution >= 0.6 is 0 Å². The van der Waals surface area contributed by atoms with Crippen LogP contribution in [0.1, 0.15) is 16.7 Å². The van der Waals surface area contributed by atoms with Crippen molar-refractivity contribution in [1.29, 1.82) is 0 Å². The molecule has 0 unspecified atom stereocenters. The number of anilines is 1. The highest BCUT2D eigenvalue weighted by Gasteiger charge is 2.00. The molecule has 0 aliphatic carbocycles. The van der Waals surface area contributed by atoms with E-state index in [1.54, 1.807) is 0 Å². The lowest BCUT2D eigenvalue weighted by atomic mass is 10.1. The van der Waals surface area contributed by atoms with Crippen molar-refractivity contribution in [3.63, 3.8) is 0 Å². The van der Waals surface area contributed by atoms with E-state index >= 15 is 0 Å². The Bertz CT molecular complexity index is 684. The van der Waals surface area contributed by atoms with E-state index < -0.39 is 0 Å². The summed E-state index contributed by atoms with van der Waals surface area (Å²) in [6.07, 6.45) is 3.92. The highest BCUT2D eigenvalue weighted by Crippen LogP contribution is 2.10.